The van der Waals surface area contributed by atoms with Crippen molar-refractivity contribution in [2.75, 3.05) is 20.1 Å². The number of ketones is 1. The van der Waals surface area contributed by atoms with E-state index in [1.165, 1.54) is 18.3 Å². The third kappa shape index (κ3) is 5.74. The molecule has 36 heavy (non-hydrogen) atoms. The third-order valence-corrected chi connectivity index (χ3v) is 6.74. The van der Waals surface area contributed by atoms with Gasteiger partial charge in [0.25, 0.3) is 11.5 Å². The number of halogens is 1. The van der Waals surface area contributed by atoms with Crippen molar-refractivity contribution >= 4 is 29.2 Å². The van der Waals surface area contributed by atoms with Crippen LogP contribution in [-0.2, 0) is 16.1 Å². The molecule has 1 saturated heterocycles. The highest BCUT2D eigenvalue weighted by Gasteiger charge is 2.37. The predicted octanol–water partition coefficient (Wildman–Crippen LogP) is 3.82. The largest absolute Gasteiger partial charge is 0.341 e. The number of pyridine rings is 1. The Morgan fingerprint density at radius 2 is 1.56 bits per heavy atom. The molecule has 1 aliphatic heterocycles. The van der Waals surface area contributed by atoms with Gasteiger partial charge in [-0.25, -0.2) is 0 Å². The summed E-state index contributed by atoms with van der Waals surface area (Å²) in [5, 5.41) is 0.249. The Hall–Kier alpha value is -3.71. The Morgan fingerprint density at radius 3 is 2.19 bits per heavy atom. The third-order valence-electron chi connectivity index (χ3n) is 6.52. The number of aromatic nitrogens is 1. The molecule has 1 aromatic heterocycles. The number of rotatable bonds is 7. The standard InChI is InChI=1S/C28H28ClN3O4/c1-30(18-20-8-4-2-5-9-20)27(35)22-14-16-31(17-15-22)28(36)25(26(34)21-10-6-3-7-11-21)32-19-23(29)12-13-24(32)33/h2-13,19,22,25H,14-18H2,1H3/t25-/m1/s1. The summed E-state index contributed by atoms with van der Waals surface area (Å²) < 4.78 is 1.10. The predicted molar refractivity (Wildman–Crippen MR) is 138 cm³/mol. The van der Waals surface area contributed by atoms with Crippen molar-refractivity contribution in [1.82, 2.24) is 14.4 Å². The minimum Gasteiger partial charge on any atom is -0.341 e. The molecule has 0 spiro atoms. The van der Waals surface area contributed by atoms with Crippen LogP contribution in [0.3, 0.4) is 0 Å². The number of hydrogen-bond donors (Lipinski definition) is 0. The van der Waals surface area contributed by atoms with Crippen LogP contribution in [-0.4, -0.2) is 52.1 Å². The summed E-state index contributed by atoms with van der Waals surface area (Å²) in [4.78, 5) is 56.0. The number of piperidine rings is 1. The summed E-state index contributed by atoms with van der Waals surface area (Å²) in [5.74, 6) is -1.13. The van der Waals surface area contributed by atoms with E-state index < -0.39 is 23.3 Å². The Bertz CT molecular complexity index is 1280. The molecule has 8 heteroatoms. The number of carbonyl (C=O) groups excluding carboxylic acids is 3. The average molecular weight is 506 g/mol. The van der Waals surface area contributed by atoms with Crippen LogP contribution in [0.25, 0.3) is 0 Å². The molecule has 1 atom stereocenters. The van der Waals surface area contributed by atoms with Crippen molar-refractivity contribution in [2.24, 2.45) is 5.92 Å². The quantitative estimate of drug-likeness (QED) is 0.361. The van der Waals surface area contributed by atoms with Gasteiger partial charge in [-0.1, -0.05) is 72.3 Å². The summed E-state index contributed by atoms with van der Waals surface area (Å²) in [6, 6.07) is 19.5. The van der Waals surface area contributed by atoms with Gasteiger partial charge in [0.1, 0.15) is 0 Å². The summed E-state index contributed by atoms with van der Waals surface area (Å²) in [7, 11) is 1.78. The van der Waals surface area contributed by atoms with E-state index in [4.69, 9.17) is 11.6 Å². The highest BCUT2D eigenvalue weighted by molar-refractivity contribution is 6.30. The van der Waals surface area contributed by atoms with E-state index >= 15 is 0 Å². The van der Waals surface area contributed by atoms with E-state index in [0.29, 0.717) is 38.0 Å². The van der Waals surface area contributed by atoms with Crippen molar-refractivity contribution in [2.45, 2.75) is 25.4 Å². The lowest BCUT2D eigenvalue weighted by Crippen LogP contribution is -2.48. The molecule has 4 rings (SSSR count). The van der Waals surface area contributed by atoms with Gasteiger partial charge < -0.3 is 9.80 Å². The van der Waals surface area contributed by atoms with Crippen LogP contribution >= 0.6 is 11.6 Å². The Balaban J connectivity index is 1.49. The number of benzene rings is 2. The number of nitrogens with zero attached hydrogens (tertiary/aromatic N) is 3. The maximum atomic E-state index is 13.6. The SMILES string of the molecule is CN(Cc1ccccc1)C(=O)C1CCN(C(=O)[C@@H](C(=O)c2ccccc2)n2cc(Cl)ccc2=O)CC1. The van der Waals surface area contributed by atoms with Crippen LogP contribution in [0.1, 0.15) is 34.8 Å². The maximum absolute atomic E-state index is 13.6. The van der Waals surface area contributed by atoms with Crippen LogP contribution in [0.4, 0.5) is 0 Å². The fraction of sp³-hybridized carbons (Fsp3) is 0.286. The van der Waals surface area contributed by atoms with Crippen molar-refractivity contribution < 1.29 is 14.4 Å². The van der Waals surface area contributed by atoms with E-state index in [1.807, 2.05) is 30.3 Å². The zero-order chi connectivity index (χ0) is 25.7. The molecule has 2 aromatic carbocycles. The zero-order valence-electron chi connectivity index (χ0n) is 20.0. The Morgan fingerprint density at radius 1 is 0.944 bits per heavy atom. The molecule has 7 nitrogen and oxygen atoms in total. The fourth-order valence-corrected chi connectivity index (χ4v) is 4.73. The zero-order valence-corrected chi connectivity index (χ0v) is 20.8. The second-order valence-electron chi connectivity index (χ2n) is 9.01. The molecule has 186 valence electrons. The van der Waals surface area contributed by atoms with Crippen molar-refractivity contribution in [3.63, 3.8) is 0 Å². The molecule has 1 aliphatic rings. The van der Waals surface area contributed by atoms with Gasteiger partial charge in [-0.15, -0.1) is 0 Å². The summed E-state index contributed by atoms with van der Waals surface area (Å²) in [5.41, 5.74) is 0.889. The average Bonchev–Trinajstić information content (AvgIpc) is 2.91. The maximum Gasteiger partial charge on any atom is 0.253 e. The lowest BCUT2D eigenvalue weighted by atomic mass is 9.94. The van der Waals surface area contributed by atoms with Crippen LogP contribution in [0.5, 0.6) is 0 Å². The Labute approximate surface area is 214 Å². The number of carbonyl (C=O) groups is 3. The molecule has 0 unspecified atom stereocenters. The summed E-state index contributed by atoms with van der Waals surface area (Å²) >= 11 is 6.11. The number of hydrogen-bond acceptors (Lipinski definition) is 4. The molecule has 3 aromatic rings. The molecule has 2 amide bonds. The molecule has 0 bridgehead atoms. The van der Waals surface area contributed by atoms with Gasteiger partial charge in [0.05, 0.1) is 5.02 Å². The first-order valence-corrected chi connectivity index (χ1v) is 12.3. The monoisotopic (exact) mass is 505 g/mol. The minimum atomic E-state index is -1.37. The molecular formula is C28H28ClN3O4. The summed E-state index contributed by atoms with van der Waals surface area (Å²) in [6.07, 6.45) is 2.29. The highest BCUT2D eigenvalue weighted by atomic mass is 35.5. The molecule has 1 fully saturated rings. The van der Waals surface area contributed by atoms with E-state index in [0.717, 1.165) is 10.1 Å². The van der Waals surface area contributed by atoms with E-state index in [9.17, 15) is 19.2 Å². The van der Waals surface area contributed by atoms with Gasteiger partial charge in [-0.2, -0.15) is 0 Å². The molecular weight excluding hydrogens is 478 g/mol. The minimum absolute atomic E-state index is 0.0360. The second kappa shape index (κ2) is 11.4. The number of Topliss-reactive ketones (excluding diaryl/α,β-unsaturated/α-hetero) is 1. The fourth-order valence-electron chi connectivity index (χ4n) is 4.56. The first-order chi connectivity index (χ1) is 17.3. The lowest BCUT2D eigenvalue weighted by Gasteiger charge is -2.35. The molecule has 0 saturated carbocycles. The van der Waals surface area contributed by atoms with Gasteiger partial charge in [-0.05, 0) is 24.5 Å². The van der Waals surface area contributed by atoms with E-state index in [-0.39, 0.29) is 16.8 Å². The highest BCUT2D eigenvalue weighted by Crippen LogP contribution is 2.24. The topological polar surface area (TPSA) is 79.7 Å². The molecule has 0 aliphatic carbocycles. The summed E-state index contributed by atoms with van der Waals surface area (Å²) in [6.45, 7) is 1.16. The molecule has 0 radical (unpaired) electrons. The van der Waals surface area contributed by atoms with Crippen molar-refractivity contribution in [3.8, 4) is 0 Å². The van der Waals surface area contributed by atoms with Crippen LogP contribution in [0.2, 0.25) is 5.02 Å². The number of amides is 2. The molecule has 2 heterocycles. The van der Waals surface area contributed by atoms with Gasteiger partial charge in [0.15, 0.2) is 11.8 Å². The normalized spacial score (nSPS) is 14.8. The van der Waals surface area contributed by atoms with Crippen LogP contribution in [0, 0.1) is 5.92 Å². The van der Waals surface area contributed by atoms with Gasteiger partial charge in [0.2, 0.25) is 5.91 Å². The van der Waals surface area contributed by atoms with Crippen LogP contribution < -0.4 is 5.56 Å². The molecule has 0 N–H and O–H groups in total. The van der Waals surface area contributed by atoms with Crippen molar-refractivity contribution in [1.29, 1.82) is 0 Å². The Kier molecular flexibility index (Phi) is 8.00. The first kappa shape index (κ1) is 25.4. The first-order valence-electron chi connectivity index (χ1n) is 11.9. The van der Waals surface area contributed by atoms with Gasteiger partial charge >= 0.3 is 0 Å². The lowest BCUT2D eigenvalue weighted by molar-refractivity contribution is -0.141. The smallest absolute Gasteiger partial charge is 0.253 e. The number of likely N-dealkylation sites (tertiary alicyclic amines) is 1. The van der Waals surface area contributed by atoms with E-state index in [2.05, 4.69) is 0 Å². The van der Waals surface area contributed by atoms with Crippen LogP contribution in [0.15, 0.2) is 83.8 Å². The van der Waals surface area contributed by atoms with E-state index in [1.54, 1.807) is 47.2 Å². The van der Waals surface area contributed by atoms with Gasteiger partial charge in [-0.3, -0.25) is 23.7 Å². The second-order valence-corrected chi connectivity index (χ2v) is 9.44. The van der Waals surface area contributed by atoms with Gasteiger partial charge in [0, 0.05) is 50.4 Å². The van der Waals surface area contributed by atoms with Crippen molar-refractivity contribution in [3.05, 3.63) is 105 Å².